The van der Waals surface area contributed by atoms with Crippen LogP contribution in [0.25, 0.3) is 0 Å². The number of carbonyl (C=O) groups is 1. The van der Waals surface area contributed by atoms with Gasteiger partial charge in [0.1, 0.15) is 6.04 Å². The van der Waals surface area contributed by atoms with E-state index in [9.17, 15) is 23.3 Å². The molecule has 0 unspecified atom stereocenters. The molecule has 0 aromatic heterocycles. The predicted octanol–water partition coefficient (Wildman–Crippen LogP) is 1.03. The molecule has 1 aromatic rings. The molecule has 9 nitrogen and oxygen atoms in total. The summed E-state index contributed by atoms with van der Waals surface area (Å²) >= 11 is 0. The van der Waals surface area contributed by atoms with Crippen LogP contribution in [-0.2, 0) is 14.8 Å². The van der Waals surface area contributed by atoms with Gasteiger partial charge in [-0.15, -0.1) is 0 Å². The van der Waals surface area contributed by atoms with E-state index in [1.54, 1.807) is 0 Å². The van der Waals surface area contributed by atoms with Crippen LogP contribution in [0.3, 0.4) is 0 Å². The Morgan fingerprint density at radius 3 is 2.54 bits per heavy atom. The maximum atomic E-state index is 13.0. The number of hydrogen-bond donors (Lipinski definition) is 2. The number of amides is 1. The molecule has 0 spiro atoms. The number of nitrogens with zero attached hydrogens (tertiary/aromatic N) is 2. The Morgan fingerprint density at radius 1 is 1.29 bits per heavy atom. The highest BCUT2D eigenvalue weighted by Gasteiger charge is 2.52. The smallest absolute Gasteiger partial charge is 0.269 e. The summed E-state index contributed by atoms with van der Waals surface area (Å²) in [6, 6.07) is 3.33. The molecule has 0 bridgehead atoms. The molecular formula is C14H17N3O6S. The first kappa shape index (κ1) is 16.8. The van der Waals surface area contributed by atoms with Gasteiger partial charge in [0.05, 0.1) is 9.82 Å². The fraction of sp³-hybridized carbons (Fsp3) is 0.500. The summed E-state index contributed by atoms with van der Waals surface area (Å²) < 4.78 is 27.1. The lowest BCUT2D eigenvalue weighted by Gasteiger charge is -2.27. The minimum atomic E-state index is -4.00. The van der Waals surface area contributed by atoms with Crippen LogP contribution in [0, 0.1) is 16.0 Å². The SMILES string of the molecule is O=C(NO)[C@H]1C[C@H]2CCC[C@H]2N1S(=O)(=O)c1ccc([N+](=O)[O-])cc1. The number of carbonyl (C=O) groups excluding carboxylic acids is 1. The summed E-state index contributed by atoms with van der Waals surface area (Å²) in [5.41, 5.74) is 1.33. The summed E-state index contributed by atoms with van der Waals surface area (Å²) in [5, 5.41) is 19.6. The van der Waals surface area contributed by atoms with Gasteiger partial charge in [-0.25, -0.2) is 13.9 Å². The van der Waals surface area contributed by atoms with E-state index in [0.717, 1.165) is 29.3 Å². The number of fused-ring (bicyclic) bond motifs is 1. The molecule has 2 N–H and O–H groups in total. The zero-order valence-corrected chi connectivity index (χ0v) is 13.5. The van der Waals surface area contributed by atoms with Gasteiger partial charge in [0.2, 0.25) is 10.0 Å². The number of rotatable bonds is 4. The van der Waals surface area contributed by atoms with Crippen molar-refractivity contribution >= 4 is 21.6 Å². The molecule has 2 aliphatic rings. The third kappa shape index (κ3) is 2.66. The van der Waals surface area contributed by atoms with Gasteiger partial charge in [0, 0.05) is 18.2 Å². The molecule has 1 aromatic carbocycles. The number of nitro benzene ring substituents is 1. The van der Waals surface area contributed by atoms with Crippen LogP contribution in [0.4, 0.5) is 5.69 Å². The first-order valence-electron chi connectivity index (χ1n) is 7.58. The average molecular weight is 355 g/mol. The molecule has 0 radical (unpaired) electrons. The Balaban J connectivity index is 1.99. The van der Waals surface area contributed by atoms with Gasteiger partial charge < -0.3 is 0 Å². The van der Waals surface area contributed by atoms with Gasteiger partial charge in [0.15, 0.2) is 0 Å². The van der Waals surface area contributed by atoms with Crippen LogP contribution in [0.1, 0.15) is 25.7 Å². The van der Waals surface area contributed by atoms with Crippen molar-refractivity contribution in [2.75, 3.05) is 0 Å². The minimum Gasteiger partial charge on any atom is -0.289 e. The zero-order valence-electron chi connectivity index (χ0n) is 12.7. The van der Waals surface area contributed by atoms with Gasteiger partial charge >= 0.3 is 0 Å². The summed E-state index contributed by atoms with van der Waals surface area (Å²) in [7, 11) is -4.00. The summed E-state index contributed by atoms with van der Waals surface area (Å²) in [6.07, 6.45) is 2.75. The van der Waals surface area contributed by atoms with Gasteiger partial charge in [-0.3, -0.25) is 20.1 Å². The average Bonchev–Trinajstić information content (AvgIpc) is 3.14. The third-order valence-corrected chi connectivity index (χ3v) is 6.76. The second-order valence-electron chi connectivity index (χ2n) is 6.07. The Bertz CT molecular complexity index is 763. The van der Waals surface area contributed by atoms with Crippen molar-refractivity contribution in [2.24, 2.45) is 5.92 Å². The molecule has 3 atom stereocenters. The fourth-order valence-electron chi connectivity index (χ4n) is 3.75. The van der Waals surface area contributed by atoms with E-state index in [0.29, 0.717) is 12.8 Å². The van der Waals surface area contributed by atoms with E-state index in [-0.39, 0.29) is 22.5 Å². The van der Waals surface area contributed by atoms with Crippen molar-refractivity contribution in [3.8, 4) is 0 Å². The van der Waals surface area contributed by atoms with Crippen LogP contribution in [-0.4, -0.2) is 40.8 Å². The number of hydroxylamine groups is 1. The van der Waals surface area contributed by atoms with Crippen LogP contribution in [0.15, 0.2) is 29.2 Å². The standard InChI is InChI=1S/C14H17N3O6S/c18-14(15-19)13-8-9-2-1-3-12(9)16(13)24(22,23)11-6-4-10(5-7-11)17(20)21/h4-7,9,12-13,19H,1-3,8H2,(H,15,18)/t9-,12-,13-/m1/s1. The number of sulfonamides is 1. The fourth-order valence-corrected chi connectivity index (χ4v) is 5.63. The summed E-state index contributed by atoms with van der Waals surface area (Å²) in [6.45, 7) is 0. The topological polar surface area (TPSA) is 130 Å². The highest BCUT2D eigenvalue weighted by molar-refractivity contribution is 7.89. The number of nitro groups is 1. The minimum absolute atomic E-state index is 0.0834. The molecule has 1 amide bonds. The van der Waals surface area contributed by atoms with E-state index in [2.05, 4.69) is 0 Å². The predicted molar refractivity (Wildman–Crippen MR) is 81.6 cm³/mol. The van der Waals surface area contributed by atoms with Crippen molar-refractivity contribution in [2.45, 2.75) is 42.7 Å². The highest BCUT2D eigenvalue weighted by Crippen LogP contribution is 2.44. The molecule has 2 fully saturated rings. The van der Waals surface area contributed by atoms with Crippen molar-refractivity contribution in [3.63, 3.8) is 0 Å². The Kier molecular flexibility index (Phi) is 4.28. The van der Waals surface area contributed by atoms with E-state index in [4.69, 9.17) is 5.21 Å². The number of non-ortho nitro benzene ring substituents is 1. The van der Waals surface area contributed by atoms with Crippen molar-refractivity contribution < 1.29 is 23.3 Å². The van der Waals surface area contributed by atoms with Gasteiger partial charge in [0.25, 0.3) is 11.6 Å². The summed E-state index contributed by atoms with van der Waals surface area (Å²) in [4.78, 5) is 21.9. The maximum absolute atomic E-state index is 13.0. The van der Waals surface area contributed by atoms with Crippen LogP contribution in [0.2, 0.25) is 0 Å². The third-order valence-electron chi connectivity index (χ3n) is 4.81. The van der Waals surface area contributed by atoms with E-state index in [1.807, 2.05) is 0 Å². The molecule has 1 saturated carbocycles. The molecule has 10 heteroatoms. The molecule has 1 aliphatic heterocycles. The van der Waals surface area contributed by atoms with Crippen molar-refractivity contribution in [3.05, 3.63) is 34.4 Å². The van der Waals surface area contributed by atoms with Crippen LogP contribution >= 0.6 is 0 Å². The second kappa shape index (κ2) is 6.11. The Morgan fingerprint density at radius 2 is 1.96 bits per heavy atom. The summed E-state index contributed by atoms with van der Waals surface area (Å²) in [5.74, 6) is -0.671. The van der Waals surface area contributed by atoms with E-state index in [1.165, 1.54) is 17.6 Å². The molecule has 3 rings (SSSR count). The molecule has 1 saturated heterocycles. The molecule has 24 heavy (non-hydrogen) atoms. The lowest BCUT2D eigenvalue weighted by atomic mass is 10.0. The number of benzene rings is 1. The van der Waals surface area contributed by atoms with Crippen molar-refractivity contribution in [1.29, 1.82) is 0 Å². The monoisotopic (exact) mass is 355 g/mol. The maximum Gasteiger partial charge on any atom is 0.269 e. The first-order valence-corrected chi connectivity index (χ1v) is 9.02. The molecular weight excluding hydrogens is 338 g/mol. The number of nitrogens with one attached hydrogen (secondary N) is 1. The normalized spacial score (nSPS) is 27.0. The largest absolute Gasteiger partial charge is 0.289 e. The molecule has 1 heterocycles. The van der Waals surface area contributed by atoms with Gasteiger partial charge in [-0.1, -0.05) is 6.42 Å². The zero-order chi connectivity index (χ0) is 17.5. The Hall–Kier alpha value is -2.04. The lowest BCUT2D eigenvalue weighted by Crippen LogP contribution is -2.48. The highest BCUT2D eigenvalue weighted by atomic mass is 32.2. The second-order valence-corrected chi connectivity index (χ2v) is 7.92. The lowest BCUT2D eigenvalue weighted by molar-refractivity contribution is -0.384. The van der Waals surface area contributed by atoms with Gasteiger partial charge in [-0.05, 0) is 37.3 Å². The van der Waals surface area contributed by atoms with Gasteiger partial charge in [-0.2, -0.15) is 4.31 Å². The number of hydrogen-bond acceptors (Lipinski definition) is 6. The van der Waals surface area contributed by atoms with Crippen LogP contribution < -0.4 is 5.48 Å². The van der Waals surface area contributed by atoms with Crippen LogP contribution in [0.5, 0.6) is 0 Å². The molecule has 1 aliphatic carbocycles. The molecule has 130 valence electrons. The first-order chi connectivity index (χ1) is 11.4. The van der Waals surface area contributed by atoms with Crippen molar-refractivity contribution in [1.82, 2.24) is 9.79 Å². The van der Waals surface area contributed by atoms with E-state index >= 15 is 0 Å². The Labute approximate surface area is 138 Å². The van der Waals surface area contributed by atoms with E-state index < -0.39 is 26.9 Å². The quantitative estimate of drug-likeness (QED) is 0.471.